The van der Waals surface area contributed by atoms with E-state index >= 15 is 0 Å². The van der Waals surface area contributed by atoms with Gasteiger partial charge in [0.1, 0.15) is 6.33 Å². The van der Waals surface area contributed by atoms with E-state index in [-0.39, 0.29) is 11.9 Å². The first-order valence-electron chi connectivity index (χ1n) is 5.93. The summed E-state index contributed by atoms with van der Waals surface area (Å²) >= 11 is 5.87. The minimum Gasteiger partial charge on any atom is -0.396 e. The Balaban J connectivity index is 2.09. The van der Waals surface area contributed by atoms with Crippen molar-refractivity contribution >= 4 is 17.5 Å². The van der Waals surface area contributed by atoms with E-state index in [9.17, 15) is 0 Å². The zero-order valence-electron chi connectivity index (χ0n) is 10.5. The highest BCUT2D eigenvalue weighted by molar-refractivity contribution is 6.28. The van der Waals surface area contributed by atoms with E-state index < -0.39 is 0 Å². The first kappa shape index (κ1) is 13.7. The Morgan fingerprint density at radius 2 is 2.26 bits per heavy atom. The fourth-order valence-corrected chi connectivity index (χ4v) is 1.66. The lowest BCUT2D eigenvalue weighted by molar-refractivity contribution is 0.265. The Hall–Kier alpha value is -1.73. The molecule has 102 valence electrons. The van der Waals surface area contributed by atoms with Gasteiger partial charge in [0.25, 0.3) is 0 Å². The second kappa shape index (κ2) is 6.44. The van der Waals surface area contributed by atoms with Crippen molar-refractivity contribution in [3.8, 4) is 5.95 Å². The van der Waals surface area contributed by atoms with Crippen molar-refractivity contribution in [2.45, 2.75) is 13.3 Å². The lowest BCUT2D eigenvalue weighted by Gasteiger charge is -2.11. The zero-order valence-corrected chi connectivity index (χ0v) is 11.2. The van der Waals surface area contributed by atoms with E-state index in [0.29, 0.717) is 24.4 Å². The summed E-state index contributed by atoms with van der Waals surface area (Å²) in [4.78, 5) is 16.2. The smallest absolute Gasteiger partial charge is 0.241 e. The number of nitrogens with zero attached hydrogens (tertiary/aromatic N) is 5. The Labute approximate surface area is 115 Å². The molecule has 7 nitrogen and oxygen atoms in total. The van der Waals surface area contributed by atoms with Crippen LogP contribution in [-0.4, -0.2) is 42.8 Å². The van der Waals surface area contributed by atoms with Crippen LogP contribution in [0, 0.1) is 5.92 Å². The second-order valence-corrected chi connectivity index (χ2v) is 4.53. The first-order chi connectivity index (χ1) is 9.19. The summed E-state index contributed by atoms with van der Waals surface area (Å²) in [5.41, 5.74) is 0. The topological polar surface area (TPSA) is 88.8 Å². The highest BCUT2D eigenvalue weighted by Gasteiger charge is 2.08. The van der Waals surface area contributed by atoms with Gasteiger partial charge in [-0.1, -0.05) is 6.92 Å². The summed E-state index contributed by atoms with van der Waals surface area (Å²) in [6.07, 6.45) is 5.67. The molecule has 0 spiro atoms. The first-order valence-corrected chi connectivity index (χ1v) is 6.31. The van der Waals surface area contributed by atoms with E-state index in [4.69, 9.17) is 16.7 Å². The molecular formula is C11H15ClN6O. The molecule has 2 heterocycles. The zero-order chi connectivity index (χ0) is 13.7. The van der Waals surface area contributed by atoms with Gasteiger partial charge in [-0.2, -0.15) is 15.0 Å². The number of aromatic nitrogens is 5. The van der Waals surface area contributed by atoms with Gasteiger partial charge in [0.2, 0.25) is 17.2 Å². The third-order valence-electron chi connectivity index (χ3n) is 2.56. The fraction of sp³-hybridized carbons (Fsp3) is 0.455. The van der Waals surface area contributed by atoms with Gasteiger partial charge in [0.15, 0.2) is 0 Å². The Morgan fingerprint density at radius 1 is 1.42 bits per heavy atom. The normalized spacial score (nSPS) is 12.4. The van der Waals surface area contributed by atoms with Crippen LogP contribution in [0.25, 0.3) is 5.95 Å². The molecule has 0 aliphatic heterocycles. The lowest BCUT2D eigenvalue weighted by Crippen LogP contribution is -2.15. The monoisotopic (exact) mass is 282 g/mol. The van der Waals surface area contributed by atoms with Crippen LogP contribution >= 0.6 is 11.6 Å². The van der Waals surface area contributed by atoms with Crippen molar-refractivity contribution in [2.75, 3.05) is 18.5 Å². The lowest BCUT2D eigenvalue weighted by atomic mass is 10.1. The predicted octanol–water partition coefficient (Wildman–Crippen LogP) is 1.14. The van der Waals surface area contributed by atoms with Gasteiger partial charge in [-0.15, -0.1) is 0 Å². The molecule has 0 aliphatic carbocycles. The number of aliphatic hydroxyl groups excluding tert-OH is 1. The van der Waals surface area contributed by atoms with Gasteiger partial charge in [-0.05, 0) is 23.9 Å². The number of anilines is 1. The van der Waals surface area contributed by atoms with E-state index in [1.54, 1.807) is 23.3 Å². The standard InChI is InChI=1S/C11H15ClN6O/c1-8(2-5-19)6-14-10-15-9(12)16-11(17-10)18-4-3-13-7-18/h3-4,7-8,19H,2,5-6H2,1H3,(H,14,15,16,17). The van der Waals surface area contributed by atoms with Crippen molar-refractivity contribution < 1.29 is 5.11 Å². The maximum absolute atomic E-state index is 8.85. The predicted molar refractivity (Wildman–Crippen MR) is 71.3 cm³/mol. The van der Waals surface area contributed by atoms with Crippen LogP contribution in [0.4, 0.5) is 5.95 Å². The fourth-order valence-electron chi connectivity index (χ4n) is 1.50. The maximum Gasteiger partial charge on any atom is 0.241 e. The largest absolute Gasteiger partial charge is 0.396 e. The second-order valence-electron chi connectivity index (χ2n) is 4.20. The maximum atomic E-state index is 8.85. The summed E-state index contributed by atoms with van der Waals surface area (Å²) in [6.45, 7) is 2.86. The van der Waals surface area contributed by atoms with Crippen LogP contribution < -0.4 is 5.32 Å². The Morgan fingerprint density at radius 3 is 2.95 bits per heavy atom. The van der Waals surface area contributed by atoms with E-state index in [1.165, 1.54) is 0 Å². The van der Waals surface area contributed by atoms with Crippen LogP contribution in [0.15, 0.2) is 18.7 Å². The molecule has 0 bridgehead atoms. The van der Waals surface area contributed by atoms with E-state index in [0.717, 1.165) is 6.42 Å². The summed E-state index contributed by atoms with van der Waals surface area (Å²) in [5.74, 6) is 1.14. The van der Waals surface area contributed by atoms with Crippen LogP contribution in [0.1, 0.15) is 13.3 Å². The summed E-state index contributed by atoms with van der Waals surface area (Å²) in [7, 11) is 0. The molecule has 1 atom stereocenters. The molecule has 0 aromatic carbocycles. The highest BCUT2D eigenvalue weighted by atomic mass is 35.5. The molecule has 0 amide bonds. The van der Waals surface area contributed by atoms with Gasteiger partial charge in [0, 0.05) is 25.5 Å². The number of hydrogen-bond acceptors (Lipinski definition) is 6. The van der Waals surface area contributed by atoms with Crippen molar-refractivity contribution in [2.24, 2.45) is 5.92 Å². The molecule has 2 aromatic rings. The SMILES string of the molecule is CC(CCO)CNc1nc(Cl)nc(-n2ccnc2)n1. The van der Waals surface area contributed by atoms with Crippen molar-refractivity contribution in [3.63, 3.8) is 0 Å². The Kier molecular flexibility index (Phi) is 4.64. The van der Waals surface area contributed by atoms with Crippen LogP contribution in [0.5, 0.6) is 0 Å². The number of aliphatic hydroxyl groups is 1. The molecule has 19 heavy (non-hydrogen) atoms. The van der Waals surface area contributed by atoms with Crippen LogP contribution in [0.3, 0.4) is 0 Å². The minimum absolute atomic E-state index is 0.121. The molecule has 8 heteroatoms. The van der Waals surface area contributed by atoms with Crippen molar-refractivity contribution in [1.82, 2.24) is 24.5 Å². The number of nitrogens with one attached hydrogen (secondary N) is 1. The number of imidazole rings is 1. The summed E-state index contributed by atoms with van der Waals surface area (Å²) in [6, 6.07) is 0. The van der Waals surface area contributed by atoms with Crippen molar-refractivity contribution in [1.29, 1.82) is 0 Å². The van der Waals surface area contributed by atoms with Crippen LogP contribution in [0.2, 0.25) is 5.28 Å². The molecule has 0 saturated carbocycles. The summed E-state index contributed by atoms with van der Waals surface area (Å²) < 4.78 is 1.65. The van der Waals surface area contributed by atoms with Gasteiger partial charge < -0.3 is 10.4 Å². The molecule has 0 radical (unpaired) electrons. The molecule has 1 unspecified atom stereocenters. The van der Waals surface area contributed by atoms with E-state index in [2.05, 4.69) is 25.3 Å². The average Bonchev–Trinajstić information content (AvgIpc) is 2.90. The van der Waals surface area contributed by atoms with Gasteiger partial charge in [-0.25, -0.2) is 4.98 Å². The number of hydrogen-bond donors (Lipinski definition) is 2. The third-order valence-corrected chi connectivity index (χ3v) is 2.73. The molecule has 2 aromatic heterocycles. The van der Waals surface area contributed by atoms with Gasteiger partial charge in [-0.3, -0.25) is 4.57 Å². The molecule has 0 saturated heterocycles. The number of halogens is 1. The quantitative estimate of drug-likeness (QED) is 0.826. The summed E-state index contributed by atoms with van der Waals surface area (Å²) in [5, 5.41) is 12.0. The highest BCUT2D eigenvalue weighted by Crippen LogP contribution is 2.10. The molecule has 0 fully saturated rings. The van der Waals surface area contributed by atoms with Crippen molar-refractivity contribution in [3.05, 3.63) is 24.0 Å². The average molecular weight is 283 g/mol. The van der Waals surface area contributed by atoms with Crippen LogP contribution in [-0.2, 0) is 0 Å². The molecular weight excluding hydrogens is 268 g/mol. The third kappa shape index (κ3) is 3.87. The van der Waals surface area contributed by atoms with Gasteiger partial charge in [0.05, 0.1) is 0 Å². The minimum atomic E-state index is 0.121. The number of rotatable bonds is 6. The Bertz CT molecular complexity index is 518. The molecule has 2 N–H and O–H groups in total. The van der Waals surface area contributed by atoms with E-state index in [1.807, 2.05) is 6.92 Å². The molecule has 0 aliphatic rings. The van der Waals surface area contributed by atoms with Gasteiger partial charge >= 0.3 is 0 Å². The molecule has 2 rings (SSSR count).